The van der Waals surface area contributed by atoms with Gasteiger partial charge in [0.05, 0.1) is 0 Å². The molecule has 2 amide bonds. The van der Waals surface area contributed by atoms with Gasteiger partial charge in [-0.15, -0.1) is 0 Å². The zero-order valence-electron chi connectivity index (χ0n) is 9.56. The van der Waals surface area contributed by atoms with Crippen LogP contribution in [-0.4, -0.2) is 52.6 Å². The van der Waals surface area contributed by atoms with E-state index in [1.165, 1.54) is 4.90 Å². The van der Waals surface area contributed by atoms with Gasteiger partial charge in [-0.05, 0) is 25.2 Å². The summed E-state index contributed by atoms with van der Waals surface area (Å²) < 4.78 is 0. The number of hydrogen-bond acceptors (Lipinski definition) is 2. The second-order valence-electron chi connectivity index (χ2n) is 4.72. The van der Waals surface area contributed by atoms with Crippen LogP contribution >= 0.6 is 0 Å². The van der Waals surface area contributed by atoms with E-state index >= 15 is 0 Å². The van der Waals surface area contributed by atoms with Crippen molar-refractivity contribution in [1.82, 2.24) is 9.80 Å². The smallest absolute Gasteiger partial charge is 0.326 e. The lowest BCUT2D eigenvalue weighted by molar-refractivity contribution is -0.142. The van der Waals surface area contributed by atoms with Crippen molar-refractivity contribution in [3.63, 3.8) is 0 Å². The van der Waals surface area contributed by atoms with Gasteiger partial charge in [0.25, 0.3) is 0 Å². The monoisotopic (exact) mass is 226 g/mol. The summed E-state index contributed by atoms with van der Waals surface area (Å²) in [6.45, 7) is 4.02. The Morgan fingerprint density at radius 1 is 1.19 bits per heavy atom. The SMILES string of the molecule is CC1CCN(C(=O)N2CCCC2)C1C(=O)O. The van der Waals surface area contributed by atoms with Crippen molar-refractivity contribution in [3.8, 4) is 0 Å². The van der Waals surface area contributed by atoms with Gasteiger partial charge in [0.1, 0.15) is 6.04 Å². The number of carboxylic acid groups (broad SMARTS) is 1. The highest BCUT2D eigenvalue weighted by atomic mass is 16.4. The van der Waals surface area contributed by atoms with Crippen LogP contribution in [0.4, 0.5) is 4.79 Å². The van der Waals surface area contributed by atoms with Crippen molar-refractivity contribution in [2.24, 2.45) is 5.92 Å². The number of aliphatic carboxylic acids is 1. The van der Waals surface area contributed by atoms with E-state index in [2.05, 4.69) is 0 Å². The minimum absolute atomic E-state index is 0.0593. The number of carbonyl (C=O) groups excluding carboxylic acids is 1. The summed E-state index contributed by atoms with van der Waals surface area (Å²) >= 11 is 0. The van der Waals surface area contributed by atoms with Gasteiger partial charge in [0.15, 0.2) is 0 Å². The summed E-state index contributed by atoms with van der Waals surface area (Å²) in [5.41, 5.74) is 0. The molecule has 16 heavy (non-hydrogen) atoms. The molecule has 2 rings (SSSR count). The van der Waals surface area contributed by atoms with Crippen molar-refractivity contribution in [3.05, 3.63) is 0 Å². The minimum Gasteiger partial charge on any atom is -0.480 e. The van der Waals surface area contributed by atoms with Crippen LogP contribution in [0.2, 0.25) is 0 Å². The number of urea groups is 1. The van der Waals surface area contributed by atoms with Gasteiger partial charge < -0.3 is 14.9 Å². The lowest BCUT2D eigenvalue weighted by atomic mass is 10.0. The molecule has 0 aromatic rings. The van der Waals surface area contributed by atoms with Gasteiger partial charge in [0.2, 0.25) is 0 Å². The zero-order valence-corrected chi connectivity index (χ0v) is 9.56. The van der Waals surface area contributed by atoms with Gasteiger partial charge in [-0.3, -0.25) is 0 Å². The molecule has 2 heterocycles. The van der Waals surface area contributed by atoms with Gasteiger partial charge in [-0.1, -0.05) is 6.92 Å². The maximum atomic E-state index is 12.1. The van der Waals surface area contributed by atoms with Gasteiger partial charge in [0, 0.05) is 19.6 Å². The van der Waals surface area contributed by atoms with E-state index in [1.807, 2.05) is 6.92 Å². The van der Waals surface area contributed by atoms with Crippen LogP contribution in [0, 0.1) is 5.92 Å². The molecule has 5 nitrogen and oxygen atoms in total. The van der Waals surface area contributed by atoms with E-state index in [-0.39, 0.29) is 11.9 Å². The summed E-state index contributed by atoms with van der Waals surface area (Å²) in [4.78, 5) is 26.5. The Labute approximate surface area is 95.0 Å². The standard InChI is InChI=1S/C11H18N2O3/c1-8-4-7-13(9(8)10(14)15)11(16)12-5-2-3-6-12/h8-9H,2-7H2,1H3,(H,14,15). The van der Waals surface area contributed by atoms with Crippen LogP contribution < -0.4 is 0 Å². The number of amides is 2. The first-order valence-electron chi connectivity index (χ1n) is 5.89. The minimum atomic E-state index is -0.877. The number of likely N-dealkylation sites (tertiary alicyclic amines) is 2. The van der Waals surface area contributed by atoms with E-state index in [9.17, 15) is 9.59 Å². The van der Waals surface area contributed by atoms with Crippen molar-refractivity contribution in [2.75, 3.05) is 19.6 Å². The highest BCUT2D eigenvalue weighted by Crippen LogP contribution is 2.26. The number of rotatable bonds is 1. The third-order valence-electron chi connectivity index (χ3n) is 3.58. The molecule has 2 fully saturated rings. The fraction of sp³-hybridized carbons (Fsp3) is 0.818. The molecule has 5 heteroatoms. The molecular weight excluding hydrogens is 208 g/mol. The number of hydrogen-bond donors (Lipinski definition) is 1. The Kier molecular flexibility index (Phi) is 3.03. The third-order valence-corrected chi connectivity index (χ3v) is 3.58. The van der Waals surface area contributed by atoms with E-state index in [0.29, 0.717) is 6.54 Å². The molecule has 2 saturated heterocycles. The zero-order chi connectivity index (χ0) is 11.7. The summed E-state index contributed by atoms with van der Waals surface area (Å²) in [5, 5.41) is 9.13. The van der Waals surface area contributed by atoms with Crippen LogP contribution in [0.3, 0.4) is 0 Å². The van der Waals surface area contributed by atoms with E-state index in [0.717, 1.165) is 32.4 Å². The summed E-state index contributed by atoms with van der Waals surface area (Å²) in [6.07, 6.45) is 2.86. The van der Waals surface area contributed by atoms with E-state index in [1.54, 1.807) is 4.90 Å². The topological polar surface area (TPSA) is 60.9 Å². The van der Waals surface area contributed by atoms with Crippen LogP contribution in [0.25, 0.3) is 0 Å². The summed E-state index contributed by atoms with van der Waals surface area (Å²) in [7, 11) is 0. The van der Waals surface area contributed by atoms with Crippen LogP contribution in [0.1, 0.15) is 26.2 Å². The van der Waals surface area contributed by atoms with Gasteiger partial charge in [-0.2, -0.15) is 0 Å². The molecule has 0 aromatic heterocycles. The normalized spacial score (nSPS) is 29.8. The highest BCUT2D eigenvalue weighted by molar-refractivity contribution is 5.83. The lowest BCUT2D eigenvalue weighted by Crippen LogP contribution is -2.48. The first kappa shape index (κ1) is 11.2. The molecule has 90 valence electrons. The average molecular weight is 226 g/mol. The third kappa shape index (κ3) is 1.86. The van der Waals surface area contributed by atoms with Crippen LogP contribution in [0.5, 0.6) is 0 Å². The highest BCUT2D eigenvalue weighted by Gasteiger charge is 2.41. The maximum absolute atomic E-state index is 12.1. The Bertz CT molecular complexity index is 300. The summed E-state index contributed by atoms with van der Waals surface area (Å²) in [5.74, 6) is -0.818. The molecule has 2 aliphatic rings. The second-order valence-corrected chi connectivity index (χ2v) is 4.72. The molecule has 0 spiro atoms. The van der Waals surface area contributed by atoms with E-state index in [4.69, 9.17) is 5.11 Å². The lowest BCUT2D eigenvalue weighted by Gasteiger charge is -2.28. The van der Waals surface area contributed by atoms with Gasteiger partial charge >= 0.3 is 12.0 Å². The molecule has 1 N–H and O–H groups in total. The summed E-state index contributed by atoms with van der Waals surface area (Å²) in [6, 6.07) is -0.720. The molecule has 2 unspecified atom stereocenters. The molecule has 0 bridgehead atoms. The molecule has 2 atom stereocenters. The fourth-order valence-corrected chi connectivity index (χ4v) is 2.63. The average Bonchev–Trinajstić information content (AvgIpc) is 2.84. The Hall–Kier alpha value is -1.26. The molecule has 0 radical (unpaired) electrons. The van der Waals surface area contributed by atoms with E-state index < -0.39 is 12.0 Å². The quantitative estimate of drug-likeness (QED) is 0.725. The van der Waals surface area contributed by atoms with Crippen molar-refractivity contribution in [2.45, 2.75) is 32.2 Å². The van der Waals surface area contributed by atoms with Crippen molar-refractivity contribution < 1.29 is 14.7 Å². The number of nitrogens with zero attached hydrogens (tertiary/aromatic N) is 2. The fourth-order valence-electron chi connectivity index (χ4n) is 2.63. The van der Waals surface area contributed by atoms with Gasteiger partial charge in [-0.25, -0.2) is 9.59 Å². The molecule has 0 aliphatic carbocycles. The first-order valence-corrected chi connectivity index (χ1v) is 5.89. The Balaban J connectivity index is 2.07. The molecule has 0 saturated carbocycles. The Morgan fingerprint density at radius 2 is 1.81 bits per heavy atom. The van der Waals surface area contributed by atoms with Crippen molar-refractivity contribution in [1.29, 1.82) is 0 Å². The molecule has 2 aliphatic heterocycles. The largest absolute Gasteiger partial charge is 0.480 e. The molecular formula is C11H18N2O3. The second kappa shape index (κ2) is 4.31. The van der Waals surface area contributed by atoms with Crippen LogP contribution in [0.15, 0.2) is 0 Å². The Morgan fingerprint density at radius 3 is 2.38 bits per heavy atom. The maximum Gasteiger partial charge on any atom is 0.326 e. The predicted octanol–water partition coefficient (Wildman–Crippen LogP) is 0.997. The van der Waals surface area contributed by atoms with Crippen molar-refractivity contribution >= 4 is 12.0 Å². The number of carbonyl (C=O) groups is 2. The number of carboxylic acids is 1. The predicted molar refractivity (Wildman–Crippen MR) is 58.1 cm³/mol. The van der Waals surface area contributed by atoms with Crippen LogP contribution in [-0.2, 0) is 4.79 Å². The first-order chi connectivity index (χ1) is 7.61. The molecule has 0 aromatic carbocycles.